The van der Waals surface area contributed by atoms with Crippen LogP contribution in [-0.2, 0) is 4.79 Å². The summed E-state index contributed by atoms with van der Waals surface area (Å²) in [4.78, 5) is 14.4. The average Bonchev–Trinajstić information content (AvgIpc) is 2.40. The van der Waals surface area contributed by atoms with Crippen molar-refractivity contribution in [3.05, 3.63) is 0 Å². The van der Waals surface area contributed by atoms with Crippen LogP contribution in [0.1, 0.15) is 51.9 Å². The fourth-order valence-corrected chi connectivity index (χ4v) is 3.62. The Balaban J connectivity index is 0.00000200. The molecule has 0 spiro atoms. The van der Waals surface area contributed by atoms with Crippen molar-refractivity contribution in [2.24, 2.45) is 11.7 Å². The molecule has 118 valence electrons. The Bertz CT molecular complexity index is 295. The smallest absolute Gasteiger partial charge is 0.234 e. The van der Waals surface area contributed by atoms with Crippen molar-refractivity contribution < 1.29 is 4.79 Å². The number of piperidine rings is 1. The molecule has 5 heteroatoms. The van der Waals surface area contributed by atoms with Crippen LogP contribution in [0.15, 0.2) is 0 Å². The summed E-state index contributed by atoms with van der Waals surface area (Å²) in [6.45, 7) is 4.47. The Morgan fingerprint density at radius 3 is 2.55 bits per heavy atom. The quantitative estimate of drug-likeness (QED) is 0.834. The van der Waals surface area contributed by atoms with Gasteiger partial charge in [0, 0.05) is 18.6 Å². The van der Waals surface area contributed by atoms with Gasteiger partial charge in [0.25, 0.3) is 0 Å². The molecule has 4 nitrogen and oxygen atoms in total. The van der Waals surface area contributed by atoms with E-state index >= 15 is 0 Å². The normalized spacial score (nSPS) is 28.7. The Kier molecular flexibility index (Phi) is 7.85. The average molecular weight is 304 g/mol. The molecular weight excluding hydrogens is 274 g/mol. The molecule has 0 aromatic heterocycles. The van der Waals surface area contributed by atoms with E-state index in [2.05, 4.69) is 17.1 Å². The van der Waals surface area contributed by atoms with Crippen LogP contribution in [0.2, 0.25) is 0 Å². The summed E-state index contributed by atoms with van der Waals surface area (Å²) in [6, 6.07) is 0.797. The summed E-state index contributed by atoms with van der Waals surface area (Å²) in [6.07, 6.45) is 8.58. The molecule has 1 heterocycles. The predicted molar refractivity (Wildman–Crippen MR) is 85.1 cm³/mol. The Labute approximate surface area is 129 Å². The minimum absolute atomic E-state index is 0. The van der Waals surface area contributed by atoms with Gasteiger partial charge < -0.3 is 11.1 Å². The van der Waals surface area contributed by atoms with Crippen molar-refractivity contribution in [1.29, 1.82) is 0 Å². The maximum atomic E-state index is 12.2. The van der Waals surface area contributed by atoms with Crippen LogP contribution in [0.5, 0.6) is 0 Å². The lowest BCUT2D eigenvalue weighted by atomic mass is 9.91. The van der Waals surface area contributed by atoms with Gasteiger partial charge in [-0.3, -0.25) is 9.69 Å². The van der Waals surface area contributed by atoms with E-state index in [9.17, 15) is 4.79 Å². The zero-order chi connectivity index (χ0) is 13.7. The van der Waals surface area contributed by atoms with Gasteiger partial charge in [0.1, 0.15) is 0 Å². The Morgan fingerprint density at radius 1 is 1.20 bits per heavy atom. The molecule has 1 saturated carbocycles. The van der Waals surface area contributed by atoms with Gasteiger partial charge in [0.15, 0.2) is 0 Å². The van der Waals surface area contributed by atoms with Gasteiger partial charge in [-0.05, 0) is 38.1 Å². The largest absolute Gasteiger partial charge is 0.352 e. The van der Waals surface area contributed by atoms with E-state index in [1.807, 2.05) is 0 Å². The third-order valence-corrected chi connectivity index (χ3v) is 4.79. The molecule has 2 atom stereocenters. The molecule has 2 rings (SSSR count). The molecule has 2 aliphatic rings. The fourth-order valence-electron chi connectivity index (χ4n) is 3.62. The van der Waals surface area contributed by atoms with Crippen molar-refractivity contribution in [1.82, 2.24) is 10.2 Å². The van der Waals surface area contributed by atoms with Crippen LogP contribution in [0, 0.1) is 5.92 Å². The molecule has 0 aromatic carbocycles. The zero-order valence-electron chi connectivity index (χ0n) is 12.6. The number of rotatable bonds is 4. The zero-order valence-corrected chi connectivity index (χ0v) is 13.5. The van der Waals surface area contributed by atoms with Gasteiger partial charge in [-0.1, -0.05) is 26.2 Å². The van der Waals surface area contributed by atoms with Crippen molar-refractivity contribution in [3.8, 4) is 0 Å². The van der Waals surface area contributed by atoms with Crippen molar-refractivity contribution in [2.75, 3.05) is 19.6 Å². The van der Waals surface area contributed by atoms with Crippen molar-refractivity contribution >= 4 is 18.3 Å². The highest BCUT2D eigenvalue weighted by molar-refractivity contribution is 5.85. The van der Waals surface area contributed by atoms with E-state index in [1.54, 1.807) is 0 Å². The highest BCUT2D eigenvalue weighted by Gasteiger charge is 2.29. The second-order valence-corrected chi connectivity index (χ2v) is 6.30. The lowest BCUT2D eigenvalue weighted by Gasteiger charge is -2.39. The highest BCUT2D eigenvalue weighted by atomic mass is 35.5. The Hall–Kier alpha value is -0.320. The van der Waals surface area contributed by atoms with Crippen LogP contribution in [0.4, 0.5) is 0 Å². The molecule has 0 bridgehead atoms. The maximum absolute atomic E-state index is 12.2. The molecule has 1 amide bonds. The number of carbonyl (C=O) groups excluding carboxylic acids is 1. The van der Waals surface area contributed by atoms with E-state index < -0.39 is 0 Å². The van der Waals surface area contributed by atoms with Crippen LogP contribution in [-0.4, -0.2) is 42.5 Å². The number of amides is 1. The topological polar surface area (TPSA) is 58.4 Å². The lowest BCUT2D eigenvalue weighted by Crippen LogP contribution is -2.52. The van der Waals surface area contributed by atoms with Crippen molar-refractivity contribution in [3.63, 3.8) is 0 Å². The highest BCUT2D eigenvalue weighted by Crippen LogP contribution is 2.22. The van der Waals surface area contributed by atoms with Gasteiger partial charge in [-0.25, -0.2) is 0 Å². The van der Waals surface area contributed by atoms with Crippen molar-refractivity contribution in [2.45, 2.75) is 64.0 Å². The third kappa shape index (κ3) is 4.90. The summed E-state index contributed by atoms with van der Waals surface area (Å²) < 4.78 is 0. The van der Waals surface area contributed by atoms with E-state index in [-0.39, 0.29) is 18.3 Å². The van der Waals surface area contributed by atoms with Gasteiger partial charge in [0.2, 0.25) is 5.91 Å². The molecule has 1 saturated heterocycles. The van der Waals surface area contributed by atoms with Crippen LogP contribution in [0.3, 0.4) is 0 Å². The van der Waals surface area contributed by atoms with E-state index in [0.717, 1.165) is 19.4 Å². The summed E-state index contributed by atoms with van der Waals surface area (Å²) in [5.74, 6) is 0.806. The molecule has 0 radical (unpaired) electrons. The van der Waals surface area contributed by atoms with Gasteiger partial charge in [0.05, 0.1) is 6.54 Å². The number of halogens is 1. The monoisotopic (exact) mass is 303 g/mol. The molecule has 20 heavy (non-hydrogen) atoms. The molecular formula is C15H30ClN3O. The summed E-state index contributed by atoms with van der Waals surface area (Å²) in [5, 5.41) is 3.20. The first-order valence-corrected chi connectivity index (χ1v) is 7.94. The molecule has 1 aliphatic carbocycles. The van der Waals surface area contributed by atoms with E-state index in [1.165, 1.54) is 32.1 Å². The maximum Gasteiger partial charge on any atom is 0.234 e. The number of nitrogens with zero attached hydrogens (tertiary/aromatic N) is 1. The number of carbonyl (C=O) groups is 1. The van der Waals surface area contributed by atoms with Crippen LogP contribution >= 0.6 is 12.4 Å². The number of hydrogen-bond donors (Lipinski definition) is 2. The van der Waals surface area contributed by atoms with Gasteiger partial charge in [-0.15, -0.1) is 12.4 Å². The van der Waals surface area contributed by atoms with E-state index in [0.29, 0.717) is 31.1 Å². The number of nitrogens with two attached hydrogens (primary N) is 1. The molecule has 0 aromatic rings. The lowest BCUT2D eigenvalue weighted by molar-refractivity contribution is -0.124. The first-order chi connectivity index (χ1) is 9.20. The third-order valence-electron chi connectivity index (χ3n) is 4.79. The summed E-state index contributed by atoms with van der Waals surface area (Å²) in [7, 11) is 0. The summed E-state index contributed by atoms with van der Waals surface area (Å²) in [5.41, 5.74) is 5.87. The fraction of sp³-hybridized carbons (Fsp3) is 0.933. The second kappa shape index (κ2) is 8.85. The van der Waals surface area contributed by atoms with Crippen LogP contribution in [0.25, 0.3) is 0 Å². The second-order valence-electron chi connectivity index (χ2n) is 6.30. The minimum atomic E-state index is 0. The Morgan fingerprint density at radius 2 is 1.90 bits per heavy atom. The summed E-state index contributed by atoms with van der Waals surface area (Å²) >= 11 is 0. The molecule has 3 N–H and O–H groups in total. The molecule has 1 aliphatic heterocycles. The standard InChI is InChI=1S/C15H29N3O.ClH/c1-12-6-5-9-18(14(12)10-16)11-15(19)17-13-7-3-2-4-8-13;/h12-14H,2-11,16H2,1H3,(H,17,19);1H. The predicted octanol–water partition coefficient (Wildman–Crippen LogP) is 1.92. The van der Waals surface area contributed by atoms with Gasteiger partial charge >= 0.3 is 0 Å². The SMILES string of the molecule is CC1CCCN(CC(=O)NC2CCCCC2)C1CN.Cl. The molecule has 2 fully saturated rings. The number of nitrogens with one attached hydrogen (secondary N) is 1. The molecule has 2 unspecified atom stereocenters. The van der Waals surface area contributed by atoms with Gasteiger partial charge in [-0.2, -0.15) is 0 Å². The number of hydrogen-bond acceptors (Lipinski definition) is 3. The van der Waals surface area contributed by atoms with Crippen LogP contribution < -0.4 is 11.1 Å². The first kappa shape index (κ1) is 17.7. The number of likely N-dealkylation sites (tertiary alicyclic amines) is 1. The minimum Gasteiger partial charge on any atom is -0.352 e. The first-order valence-electron chi connectivity index (χ1n) is 7.94. The van der Waals surface area contributed by atoms with E-state index in [4.69, 9.17) is 5.73 Å².